The SMILES string of the molecule is Cc1ccc(S(=O)(=O)C2CCN(C)C2=O)cc1. The molecule has 1 aliphatic heterocycles. The Morgan fingerprint density at radius 2 is 1.82 bits per heavy atom. The van der Waals surface area contributed by atoms with Crippen LogP contribution < -0.4 is 0 Å². The minimum Gasteiger partial charge on any atom is -0.345 e. The molecule has 4 nitrogen and oxygen atoms in total. The Balaban J connectivity index is 2.37. The summed E-state index contributed by atoms with van der Waals surface area (Å²) < 4.78 is 24.5. The van der Waals surface area contributed by atoms with Gasteiger partial charge in [0.15, 0.2) is 9.84 Å². The number of hydrogen-bond acceptors (Lipinski definition) is 3. The molecule has 0 spiro atoms. The average Bonchev–Trinajstić information content (AvgIpc) is 2.61. The summed E-state index contributed by atoms with van der Waals surface area (Å²) >= 11 is 0. The van der Waals surface area contributed by atoms with Gasteiger partial charge in [-0.05, 0) is 25.5 Å². The normalized spacial score (nSPS) is 20.9. The second kappa shape index (κ2) is 4.14. The van der Waals surface area contributed by atoms with Crippen LogP contribution in [0, 0.1) is 6.92 Å². The lowest BCUT2D eigenvalue weighted by atomic mass is 10.2. The van der Waals surface area contributed by atoms with Crippen LogP contribution in [0.5, 0.6) is 0 Å². The first-order chi connectivity index (χ1) is 7.93. The van der Waals surface area contributed by atoms with Gasteiger partial charge in [0, 0.05) is 13.6 Å². The number of nitrogens with zero attached hydrogens (tertiary/aromatic N) is 1. The fraction of sp³-hybridized carbons (Fsp3) is 0.417. The summed E-state index contributed by atoms with van der Waals surface area (Å²) in [7, 11) is -1.90. The summed E-state index contributed by atoms with van der Waals surface area (Å²) in [5.41, 5.74) is 0.999. The van der Waals surface area contributed by atoms with Crippen LogP contribution in [0.25, 0.3) is 0 Å². The van der Waals surface area contributed by atoms with Gasteiger partial charge in [-0.3, -0.25) is 4.79 Å². The number of amides is 1. The summed E-state index contributed by atoms with van der Waals surface area (Å²) in [6, 6.07) is 6.62. The third-order valence-corrected chi connectivity index (χ3v) is 5.22. The van der Waals surface area contributed by atoms with E-state index in [1.165, 1.54) is 4.90 Å². The Morgan fingerprint density at radius 3 is 2.29 bits per heavy atom. The van der Waals surface area contributed by atoms with Crippen LogP contribution in [-0.4, -0.2) is 38.1 Å². The van der Waals surface area contributed by atoms with Crippen LogP contribution in [0.15, 0.2) is 29.2 Å². The predicted octanol–water partition coefficient (Wildman–Crippen LogP) is 0.999. The molecule has 0 saturated carbocycles. The summed E-state index contributed by atoms with van der Waals surface area (Å²) in [6.07, 6.45) is 0.380. The molecular weight excluding hydrogens is 238 g/mol. The molecule has 2 rings (SSSR count). The van der Waals surface area contributed by atoms with Crippen LogP contribution in [0.4, 0.5) is 0 Å². The maximum Gasteiger partial charge on any atom is 0.241 e. The number of carbonyl (C=O) groups is 1. The molecule has 1 aromatic carbocycles. The van der Waals surface area contributed by atoms with E-state index in [0.29, 0.717) is 13.0 Å². The Hall–Kier alpha value is -1.36. The van der Waals surface area contributed by atoms with Crippen molar-refractivity contribution in [3.8, 4) is 0 Å². The first-order valence-corrected chi connectivity index (χ1v) is 7.03. The lowest BCUT2D eigenvalue weighted by Gasteiger charge is -2.11. The van der Waals surface area contributed by atoms with Crippen LogP contribution >= 0.6 is 0 Å². The number of aryl methyl sites for hydroxylation is 1. The Bertz CT molecular complexity index is 533. The molecule has 1 aliphatic rings. The van der Waals surface area contributed by atoms with Crippen molar-refractivity contribution >= 4 is 15.7 Å². The average molecular weight is 253 g/mol. The van der Waals surface area contributed by atoms with Crippen molar-refractivity contribution in [2.45, 2.75) is 23.5 Å². The van der Waals surface area contributed by atoms with E-state index in [-0.39, 0.29) is 10.8 Å². The fourth-order valence-corrected chi connectivity index (χ4v) is 3.68. The topological polar surface area (TPSA) is 54.5 Å². The molecule has 5 heteroatoms. The van der Waals surface area contributed by atoms with Gasteiger partial charge in [0.05, 0.1) is 4.90 Å². The van der Waals surface area contributed by atoms with Crippen molar-refractivity contribution in [3.63, 3.8) is 0 Å². The van der Waals surface area contributed by atoms with E-state index in [9.17, 15) is 13.2 Å². The molecule has 1 aromatic rings. The molecule has 1 atom stereocenters. The van der Waals surface area contributed by atoms with E-state index in [1.807, 2.05) is 6.92 Å². The maximum atomic E-state index is 12.3. The number of benzene rings is 1. The van der Waals surface area contributed by atoms with Crippen LogP contribution in [-0.2, 0) is 14.6 Å². The first kappa shape index (κ1) is 12.1. The van der Waals surface area contributed by atoms with Crippen molar-refractivity contribution in [2.75, 3.05) is 13.6 Å². The molecule has 0 N–H and O–H groups in total. The zero-order chi connectivity index (χ0) is 12.6. The quantitative estimate of drug-likeness (QED) is 0.790. The van der Waals surface area contributed by atoms with Gasteiger partial charge >= 0.3 is 0 Å². The van der Waals surface area contributed by atoms with Gasteiger partial charge in [-0.25, -0.2) is 8.42 Å². The second-order valence-electron chi connectivity index (χ2n) is 4.40. The van der Waals surface area contributed by atoms with Crippen molar-refractivity contribution in [3.05, 3.63) is 29.8 Å². The highest BCUT2D eigenvalue weighted by atomic mass is 32.2. The Labute approximate surface area is 101 Å². The minimum absolute atomic E-state index is 0.233. The van der Waals surface area contributed by atoms with Gasteiger partial charge in [0.1, 0.15) is 5.25 Å². The highest BCUT2D eigenvalue weighted by Crippen LogP contribution is 2.24. The zero-order valence-corrected chi connectivity index (χ0v) is 10.7. The van der Waals surface area contributed by atoms with Gasteiger partial charge in [0.2, 0.25) is 5.91 Å². The summed E-state index contributed by atoms with van der Waals surface area (Å²) in [6.45, 7) is 2.40. The highest BCUT2D eigenvalue weighted by Gasteiger charge is 2.40. The second-order valence-corrected chi connectivity index (χ2v) is 6.53. The number of hydrogen-bond donors (Lipinski definition) is 0. The molecule has 0 radical (unpaired) electrons. The van der Waals surface area contributed by atoms with E-state index in [4.69, 9.17) is 0 Å². The Kier molecular flexibility index (Phi) is 2.95. The summed E-state index contributed by atoms with van der Waals surface area (Å²) in [5.74, 6) is -0.300. The van der Waals surface area contributed by atoms with Crippen LogP contribution in [0.3, 0.4) is 0 Å². The monoisotopic (exact) mass is 253 g/mol. The minimum atomic E-state index is -3.53. The molecule has 1 fully saturated rings. The third kappa shape index (κ3) is 2.07. The standard InChI is InChI=1S/C12H15NO3S/c1-9-3-5-10(6-4-9)17(15,16)11-7-8-13(2)12(11)14/h3-6,11H,7-8H2,1-2H3. The molecule has 0 aromatic heterocycles. The van der Waals surface area contributed by atoms with Gasteiger partial charge in [-0.2, -0.15) is 0 Å². The lowest BCUT2D eigenvalue weighted by molar-refractivity contribution is -0.126. The van der Waals surface area contributed by atoms with Gasteiger partial charge in [0.25, 0.3) is 0 Å². The van der Waals surface area contributed by atoms with Gasteiger partial charge in [-0.15, -0.1) is 0 Å². The van der Waals surface area contributed by atoms with Crippen molar-refractivity contribution in [1.82, 2.24) is 4.90 Å². The van der Waals surface area contributed by atoms with E-state index in [0.717, 1.165) is 5.56 Å². The number of sulfone groups is 1. The van der Waals surface area contributed by atoms with Crippen molar-refractivity contribution < 1.29 is 13.2 Å². The van der Waals surface area contributed by atoms with Crippen LogP contribution in [0.2, 0.25) is 0 Å². The smallest absolute Gasteiger partial charge is 0.241 e. The largest absolute Gasteiger partial charge is 0.345 e. The van der Waals surface area contributed by atoms with Crippen molar-refractivity contribution in [2.24, 2.45) is 0 Å². The maximum absolute atomic E-state index is 12.3. The number of likely N-dealkylation sites (tertiary alicyclic amines) is 1. The molecular formula is C12H15NO3S. The molecule has 1 heterocycles. The molecule has 1 amide bonds. The summed E-state index contributed by atoms with van der Waals surface area (Å²) in [5, 5.41) is -0.907. The lowest BCUT2D eigenvalue weighted by Crippen LogP contribution is -2.31. The van der Waals surface area contributed by atoms with E-state index in [1.54, 1.807) is 31.3 Å². The third-order valence-electron chi connectivity index (χ3n) is 3.10. The first-order valence-electron chi connectivity index (χ1n) is 5.48. The molecule has 0 bridgehead atoms. The van der Waals surface area contributed by atoms with Crippen molar-refractivity contribution in [1.29, 1.82) is 0 Å². The zero-order valence-electron chi connectivity index (χ0n) is 9.88. The van der Waals surface area contributed by atoms with E-state index in [2.05, 4.69) is 0 Å². The highest BCUT2D eigenvalue weighted by molar-refractivity contribution is 7.92. The fourth-order valence-electron chi connectivity index (χ4n) is 1.97. The van der Waals surface area contributed by atoms with Crippen LogP contribution in [0.1, 0.15) is 12.0 Å². The molecule has 92 valence electrons. The molecule has 0 aliphatic carbocycles. The molecule has 1 saturated heterocycles. The summed E-state index contributed by atoms with van der Waals surface area (Å²) in [4.78, 5) is 13.4. The van der Waals surface area contributed by atoms with E-state index >= 15 is 0 Å². The van der Waals surface area contributed by atoms with Gasteiger partial charge in [-0.1, -0.05) is 17.7 Å². The number of rotatable bonds is 2. The predicted molar refractivity (Wildman–Crippen MR) is 64.4 cm³/mol. The van der Waals surface area contributed by atoms with E-state index < -0.39 is 15.1 Å². The number of carbonyl (C=O) groups excluding carboxylic acids is 1. The molecule has 17 heavy (non-hydrogen) atoms. The molecule has 1 unspecified atom stereocenters. The van der Waals surface area contributed by atoms with Gasteiger partial charge < -0.3 is 4.90 Å². The Morgan fingerprint density at radius 1 is 1.24 bits per heavy atom.